The van der Waals surface area contributed by atoms with Gasteiger partial charge in [0.15, 0.2) is 5.78 Å². The molecule has 2 fully saturated rings. The molecule has 3 aliphatic heterocycles. The van der Waals surface area contributed by atoms with E-state index in [0.29, 0.717) is 6.54 Å². The SMILES string of the molecule is CCCCN1C(=O)[C@H]2[C@H](C1=O)[C@H](C(=O)C(C)(C)C)N1c3c(ccc4cccnc34)C=C[C@H]21. The largest absolute Gasteiger partial charge is 0.351 e. The number of fused-ring (bicyclic) bond motifs is 7. The Balaban J connectivity index is 1.70. The van der Waals surface area contributed by atoms with E-state index in [1.165, 1.54) is 4.90 Å². The van der Waals surface area contributed by atoms with Gasteiger partial charge < -0.3 is 4.90 Å². The lowest BCUT2D eigenvalue weighted by Gasteiger charge is -2.39. The molecule has 0 bridgehead atoms. The van der Waals surface area contributed by atoms with Crippen LogP contribution in [0.25, 0.3) is 17.0 Å². The van der Waals surface area contributed by atoms with Gasteiger partial charge in [-0.05, 0) is 18.1 Å². The van der Waals surface area contributed by atoms with Crippen LogP contribution >= 0.6 is 0 Å². The topological polar surface area (TPSA) is 70.6 Å². The third-order valence-electron chi connectivity index (χ3n) is 7.07. The van der Waals surface area contributed by atoms with E-state index in [9.17, 15) is 14.4 Å². The Labute approximate surface area is 188 Å². The number of hydrogen-bond acceptors (Lipinski definition) is 5. The maximum absolute atomic E-state index is 13.8. The van der Waals surface area contributed by atoms with E-state index in [1.807, 2.05) is 69.0 Å². The van der Waals surface area contributed by atoms with Crippen molar-refractivity contribution < 1.29 is 14.4 Å². The molecule has 0 aliphatic carbocycles. The fourth-order valence-electron chi connectivity index (χ4n) is 5.52. The van der Waals surface area contributed by atoms with Gasteiger partial charge in [-0.2, -0.15) is 0 Å². The van der Waals surface area contributed by atoms with Gasteiger partial charge >= 0.3 is 0 Å². The molecule has 2 aromatic rings. The summed E-state index contributed by atoms with van der Waals surface area (Å²) in [6, 6.07) is 6.90. The molecule has 1 aromatic carbocycles. The molecule has 6 nitrogen and oxygen atoms in total. The van der Waals surface area contributed by atoms with Gasteiger partial charge in [-0.15, -0.1) is 0 Å². The average Bonchev–Trinajstić information content (AvgIpc) is 3.23. The highest BCUT2D eigenvalue weighted by molar-refractivity contribution is 6.13. The van der Waals surface area contributed by atoms with Gasteiger partial charge in [-0.25, -0.2) is 0 Å². The van der Waals surface area contributed by atoms with Gasteiger partial charge in [0, 0.05) is 23.5 Å². The van der Waals surface area contributed by atoms with Gasteiger partial charge in [0.2, 0.25) is 11.8 Å². The second kappa shape index (κ2) is 7.26. The van der Waals surface area contributed by atoms with Crippen LogP contribution in [0.3, 0.4) is 0 Å². The number of aromatic nitrogens is 1. The van der Waals surface area contributed by atoms with Crippen LogP contribution in [0.2, 0.25) is 0 Å². The Morgan fingerprint density at radius 3 is 2.56 bits per heavy atom. The quantitative estimate of drug-likeness (QED) is 0.688. The summed E-state index contributed by atoms with van der Waals surface area (Å²) in [5, 5.41) is 0.974. The zero-order chi connectivity index (χ0) is 22.8. The molecule has 6 heteroatoms. The number of nitrogens with zero attached hydrogens (tertiary/aromatic N) is 3. The van der Waals surface area contributed by atoms with E-state index in [-0.39, 0.29) is 23.6 Å². The van der Waals surface area contributed by atoms with E-state index in [1.54, 1.807) is 6.20 Å². The number of pyridine rings is 1. The summed E-state index contributed by atoms with van der Waals surface area (Å²) in [5.41, 5.74) is 1.97. The van der Waals surface area contributed by atoms with Crippen molar-refractivity contribution in [3.8, 4) is 0 Å². The number of likely N-dealkylation sites (tertiary alicyclic amines) is 1. The minimum absolute atomic E-state index is 0.0114. The van der Waals surface area contributed by atoms with Gasteiger partial charge in [0.25, 0.3) is 0 Å². The van der Waals surface area contributed by atoms with E-state index in [2.05, 4.69) is 4.98 Å². The van der Waals surface area contributed by atoms with Crippen LogP contribution in [0.5, 0.6) is 0 Å². The normalized spacial score (nSPS) is 26.5. The monoisotopic (exact) mass is 431 g/mol. The predicted octanol–water partition coefficient (Wildman–Crippen LogP) is 3.84. The fraction of sp³-hybridized carbons (Fsp3) is 0.462. The molecule has 1 aromatic heterocycles. The van der Waals surface area contributed by atoms with Gasteiger partial charge in [-0.1, -0.05) is 64.5 Å². The van der Waals surface area contributed by atoms with E-state index in [4.69, 9.17) is 0 Å². The first-order chi connectivity index (χ1) is 15.3. The first-order valence-electron chi connectivity index (χ1n) is 11.5. The molecular weight excluding hydrogens is 402 g/mol. The van der Waals surface area contributed by atoms with Crippen LogP contribution in [0.15, 0.2) is 36.5 Å². The lowest BCUT2D eigenvalue weighted by molar-refractivity contribution is -0.142. The smallest absolute Gasteiger partial charge is 0.235 e. The molecule has 0 unspecified atom stereocenters. The highest BCUT2D eigenvalue weighted by atomic mass is 16.2. The second-order valence-electron chi connectivity index (χ2n) is 10.1. The maximum Gasteiger partial charge on any atom is 0.235 e. The number of anilines is 1. The second-order valence-corrected chi connectivity index (χ2v) is 10.1. The van der Waals surface area contributed by atoms with Crippen LogP contribution in [0.1, 0.15) is 46.1 Å². The van der Waals surface area contributed by atoms with Gasteiger partial charge in [0.1, 0.15) is 6.04 Å². The summed E-state index contributed by atoms with van der Waals surface area (Å²) >= 11 is 0. The Morgan fingerprint density at radius 1 is 1.09 bits per heavy atom. The number of hydrogen-bond donors (Lipinski definition) is 0. The van der Waals surface area contributed by atoms with Gasteiger partial charge in [-0.3, -0.25) is 24.3 Å². The molecule has 5 rings (SSSR count). The molecule has 3 aliphatic rings. The molecule has 0 N–H and O–H groups in total. The van der Waals surface area contributed by atoms with Gasteiger partial charge in [0.05, 0.1) is 29.1 Å². The van der Waals surface area contributed by atoms with Crippen LogP contribution in [0, 0.1) is 17.3 Å². The summed E-state index contributed by atoms with van der Waals surface area (Å²) in [4.78, 5) is 48.9. The molecule has 0 spiro atoms. The molecule has 4 atom stereocenters. The minimum Gasteiger partial charge on any atom is -0.351 e. The molecule has 0 saturated carbocycles. The number of rotatable bonds is 4. The zero-order valence-electron chi connectivity index (χ0n) is 19.0. The van der Waals surface area contributed by atoms with Crippen molar-refractivity contribution in [2.75, 3.05) is 11.4 Å². The lowest BCUT2D eigenvalue weighted by Crippen LogP contribution is -2.51. The first-order valence-corrected chi connectivity index (χ1v) is 11.5. The number of carbonyl (C=O) groups excluding carboxylic acids is 3. The molecular formula is C26H29N3O3. The zero-order valence-corrected chi connectivity index (χ0v) is 19.0. The first kappa shape index (κ1) is 20.9. The summed E-state index contributed by atoms with van der Waals surface area (Å²) < 4.78 is 0. The molecule has 32 heavy (non-hydrogen) atoms. The summed E-state index contributed by atoms with van der Waals surface area (Å²) in [5.74, 6) is -1.56. The Hall–Kier alpha value is -3.02. The summed E-state index contributed by atoms with van der Waals surface area (Å²) in [6.45, 7) is 8.12. The van der Waals surface area contributed by atoms with E-state index in [0.717, 1.165) is 35.0 Å². The Bertz CT molecular complexity index is 1160. The Kier molecular flexibility index (Phi) is 4.73. The summed E-state index contributed by atoms with van der Waals surface area (Å²) in [6.07, 6.45) is 7.43. The molecule has 4 heterocycles. The fourth-order valence-corrected chi connectivity index (χ4v) is 5.52. The van der Waals surface area contributed by atoms with Crippen molar-refractivity contribution in [1.29, 1.82) is 0 Å². The van der Waals surface area contributed by atoms with Crippen molar-refractivity contribution in [2.24, 2.45) is 17.3 Å². The molecule has 0 radical (unpaired) electrons. The van der Waals surface area contributed by atoms with Crippen LogP contribution < -0.4 is 4.90 Å². The highest BCUT2D eigenvalue weighted by Crippen LogP contribution is 2.51. The van der Waals surface area contributed by atoms with E-state index < -0.39 is 23.3 Å². The Morgan fingerprint density at radius 2 is 1.84 bits per heavy atom. The van der Waals surface area contributed by atoms with Crippen molar-refractivity contribution in [3.63, 3.8) is 0 Å². The number of benzene rings is 1. The third kappa shape index (κ3) is 2.85. The number of imide groups is 1. The number of amides is 2. The van der Waals surface area contributed by atoms with Crippen molar-refractivity contribution in [1.82, 2.24) is 9.88 Å². The predicted molar refractivity (Wildman–Crippen MR) is 124 cm³/mol. The standard InChI is InChI=1S/C26H29N3O3/c1-5-6-14-28-24(31)18-17-12-11-16-10-9-15-8-7-13-27-20(15)21(16)29(17)22(19(18)25(28)32)23(30)26(2,3)4/h7-13,17-19,22H,5-6,14H2,1-4H3/t17-,18-,19+,22-/m1/s1. The summed E-state index contributed by atoms with van der Waals surface area (Å²) in [7, 11) is 0. The van der Waals surface area contributed by atoms with Crippen LogP contribution in [-0.4, -0.2) is 46.1 Å². The number of unbranched alkanes of at least 4 members (excludes halogenated alkanes) is 1. The van der Waals surface area contributed by atoms with Crippen LogP contribution in [-0.2, 0) is 14.4 Å². The van der Waals surface area contributed by atoms with E-state index >= 15 is 0 Å². The highest BCUT2D eigenvalue weighted by Gasteiger charge is 2.64. The van der Waals surface area contributed by atoms with Crippen molar-refractivity contribution in [2.45, 2.75) is 52.6 Å². The minimum atomic E-state index is -0.690. The lowest BCUT2D eigenvalue weighted by atomic mass is 9.79. The number of ketones is 1. The number of Topliss-reactive ketones (excluding diaryl/α,β-unsaturated/α-hetero) is 1. The third-order valence-corrected chi connectivity index (χ3v) is 7.07. The number of carbonyl (C=O) groups is 3. The molecule has 2 amide bonds. The van der Waals surface area contributed by atoms with Crippen LogP contribution in [0.4, 0.5) is 5.69 Å². The maximum atomic E-state index is 13.8. The average molecular weight is 432 g/mol. The van der Waals surface area contributed by atoms with Crippen molar-refractivity contribution in [3.05, 3.63) is 42.1 Å². The van der Waals surface area contributed by atoms with Crippen molar-refractivity contribution >= 4 is 40.3 Å². The molecule has 166 valence electrons. The molecule has 2 saturated heterocycles.